The number of rotatable bonds is 2. The van der Waals surface area contributed by atoms with Crippen LogP contribution in [0.3, 0.4) is 0 Å². The van der Waals surface area contributed by atoms with Crippen LogP contribution in [0.2, 0.25) is 0 Å². The minimum Gasteiger partial charge on any atom is -0.405 e. The Labute approximate surface area is 94.4 Å². The van der Waals surface area contributed by atoms with Crippen molar-refractivity contribution in [1.29, 1.82) is 0 Å². The van der Waals surface area contributed by atoms with Crippen molar-refractivity contribution in [1.82, 2.24) is 0 Å². The first-order valence-corrected chi connectivity index (χ1v) is 4.95. The zero-order valence-corrected chi connectivity index (χ0v) is 9.74. The molecule has 1 radical (unpaired) electrons. The molecule has 0 N–H and O–H groups in total. The summed E-state index contributed by atoms with van der Waals surface area (Å²) >= 11 is 3.03. The third-order valence-corrected chi connectivity index (χ3v) is 2.35. The van der Waals surface area contributed by atoms with E-state index >= 15 is 0 Å². The highest BCUT2D eigenvalue weighted by atomic mass is 79.9. The van der Waals surface area contributed by atoms with E-state index in [-0.39, 0.29) is 5.75 Å². The highest BCUT2D eigenvalue weighted by Gasteiger charge is 2.31. The van der Waals surface area contributed by atoms with Gasteiger partial charge in [0.15, 0.2) is 0 Å². The number of halogens is 4. The summed E-state index contributed by atoms with van der Waals surface area (Å²) in [6.07, 6.45) is -4.66. The lowest BCUT2D eigenvalue weighted by molar-refractivity contribution is -0.274. The van der Waals surface area contributed by atoms with E-state index in [4.69, 9.17) is 0 Å². The van der Waals surface area contributed by atoms with Crippen LogP contribution < -0.4 is 4.74 Å². The SMILES string of the molecule is C[C](C)c1ccc(OC(F)(F)F)c(Br)c1. The van der Waals surface area contributed by atoms with Crippen molar-refractivity contribution in [3.63, 3.8) is 0 Å². The van der Waals surface area contributed by atoms with Crippen LogP contribution in [-0.4, -0.2) is 6.36 Å². The summed E-state index contributed by atoms with van der Waals surface area (Å²) in [6, 6.07) is 4.47. The Morgan fingerprint density at radius 2 is 1.87 bits per heavy atom. The molecule has 1 aromatic carbocycles. The fourth-order valence-electron chi connectivity index (χ4n) is 1.02. The zero-order valence-electron chi connectivity index (χ0n) is 8.15. The topological polar surface area (TPSA) is 9.23 Å². The van der Waals surface area contributed by atoms with Crippen molar-refractivity contribution in [2.45, 2.75) is 20.2 Å². The smallest absolute Gasteiger partial charge is 0.405 e. The van der Waals surface area contributed by atoms with E-state index in [1.54, 1.807) is 12.1 Å². The predicted molar refractivity (Wildman–Crippen MR) is 54.5 cm³/mol. The minimum atomic E-state index is -4.66. The summed E-state index contributed by atoms with van der Waals surface area (Å²) in [5.41, 5.74) is 0.872. The van der Waals surface area contributed by atoms with Gasteiger partial charge in [0.05, 0.1) is 4.47 Å². The maximum atomic E-state index is 11.9. The van der Waals surface area contributed by atoms with Crippen LogP contribution in [0.4, 0.5) is 13.2 Å². The largest absolute Gasteiger partial charge is 0.573 e. The maximum Gasteiger partial charge on any atom is 0.573 e. The van der Waals surface area contributed by atoms with Crippen molar-refractivity contribution >= 4 is 15.9 Å². The predicted octanol–water partition coefficient (Wildman–Crippen LogP) is 4.31. The number of hydrogen-bond donors (Lipinski definition) is 0. The first-order chi connectivity index (χ1) is 6.79. The molecule has 83 valence electrons. The van der Waals surface area contributed by atoms with Crippen LogP contribution in [0.1, 0.15) is 19.4 Å². The molecule has 0 unspecified atom stereocenters. The van der Waals surface area contributed by atoms with Crippen LogP contribution in [0.15, 0.2) is 22.7 Å². The Balaban J connectivity index is 2.94. The molecule has 0 aliphatic heterocycles. The number of hydrogen-bond acceptors (Lipinski definition) is 1. The molecule has 0 saturated heterocycles. The van der Waals surface area contributed by atoms with Gasteiger partial charge in [-0.1, -0.05) is 19.9 Å². The van der Waals surface area contributed by atoms with E-state index in [9.17, 15) is 13.2 Å². The Bertz CT molecular complexity index is 347. The van der Waals surface area contributed by atoms with Gasteiger partial charge in [0.25, 0.3) is 0 Å². The van der Waals surface area contributed by atoms with E-state index in [2.05, 4.69) is 20.7 Å². The molecule has 0 spiro atoms. The van der Waals surface area contributed by atoms with E-state index < -0.39 is 6.36 Å². The molecule has 0 aliphatic carbocycles. The number of ether oxygens (including phenoxy) is 1. The van der Waals surface area contributed by atoms with Crippen LogP contribution in [0.5, 0.6) is 5.75 Å². The molecule has 0 atom stereocenters. The lowest BCUT2D eigenvalue weighted by Crippen LogP contribution is -2.17. The molecule has 5 heteroatoms. The molecule has 0 aromatic heterocycles. The molecule has 0 fully saturated rings. The monoisotopic (exact) mass is 281 g/mol. The fourth-order valence-corrected chi connectivity index (χ4v) is 1.48. The summed E-state index contributed by atoms with van der Waals surface area (Å²) in [4.78, 5) is 0. The standard InChI is InChI=1S/C10H9BrF3O/c1-6(2)7-3-4-9(8(11)5-7)15-10(12,13)14/h3-5H,1-2H3. The van der Waals surface area contributed by atoms with Crippen LogP contribution in [0, 0.1) is 5.92 Å². The molecule has 0 aliphatic rings. The van der Waals surface area contributed by atoms with Crippen molar-refractivity contribution in [3.05, 3.63) is 34.2 Å². The molecular weight excluding hydrogens is 273 g/mol. The Hall–Kier alpha value is -0.710. The Kier molecular flexibility index (Phi) is 3.65. The van der Waals surface area contributed by atoms with Gasteiger partial charge in [-0.25, -0.2) is 0 Å². The fraction of sp³-hybridized carbons (Fsp3) is 0.300. The van der Waals surface area contributed by atoms with Gasteiger partial charge in [-0.15, -0.1) is 13.2 Å². The van der Waals surface area contributed by atoms with Gasteiger partial charge in [0.1, 0.15) is 5.75 Å². The summed E-state index contributed by atoms with van der Waals surface area (Å²) in [5.74, 6) is 0.793. The van der Waals surface area contributed by atoms with E-state index in [0.717, 1.165) is 11.5 Å². The van der Waals surface area contributed by atoms with E-state index in [0.29, 0.717) is 4.47 Å². The Morgan fingerprint density at radius 1 is 1.27 bits per heavy atom. The second-order valence-corrected chi connectivity index (χ2v) is 4.05. The first-order valence-electron chi connectivity index (χ1n) is 4.15. The summed E-state index contributed by atoms with van der Waals surface area (Å²) in [7, 11) is 0. The Morgan fingerprint density at radius 3 is 2.27 bits per heavy atom. The summed E-state index contributed by atoms with van der Waals surface area (Å²) in [6.45, 7) is 3.76. The molecule has 0 amide bonds. The maximum absolute atomic E-state index is 11.9. The molecule has 1 rings (SSSR count). The first kappa shape index (κ1) is 12.4. The van der Waals surface area contributed by atoms with E-state index in [1.807, 2.05) is 13.8 Å². The van der Waals surface area contributed by atoms with Crippen molar-refractivity contribution in [2.75, 3.05) is 0 Å². The van der Waals surface area contributed by atoms with Gasteiger partial charge in [-0.2, -0.15) is 0 Å². The van der Waals surface area contributed by atoms with Gasteiger partial charge in [-0.3, -0.25) is 0 Å². The number of alkyl halides is 3. The summed E-state index contributed by atoms with van der Waals surface area (Å²) < 4.78 is 39.9. The molecule has 0 heterocycles. The lowest BCUT2D eigenvalue weighted by Gasteiger charge is -2.12. The van der Waals surface area contributed by atoms with Crippen molar-refractivity contribution in [2.24, 2.45) is 0 Å². The second kappa shape index (κ2) is 4.43. The van der Waals surface area contributed by atoms with Crippen molar-refractivity contribution in [3.8, 4) is 5.75 Å². The second-order valence-electron chi connectivity index (χ2n) is 3.19. The number of benzene rings is 1. The zero-order chi connectivity index (χ0) is 11.6. The normalized spacial score (nSPS) is 11.9. The quantitative estimate of drug-likeness (QED) is 0.785. The van der Waals surface area contributed by atoms with Crippen LogP contribution >= 0.6 is 15.9 Å². The molecule has 1 nitrogen and oxygen atoms in total. The molecule has 15 heavy (non-hydrogen) atoms. The molecule has 0 saturated carbocycles. The van der Waals surface area contributed by atoms with Crippen LogP contribution in [0.25, 0.3) is 0 Å². The molecular formula is C10H9BrF3O. The van der Waals surface area contributed by atoms with Gasteiger partial charge < -0.3 is 4.74 Å². The van der Waals surface area contributed by atoms with Gasteiger partial charge in [-0.05, 0) is 39.5 Å². The van der Waals surface area contributed by atoms with Crippen LogP contribution in [-0.2, 0) is 0 Å². The van der Waals surface area contributed by atoms with Gasteiger partial charge >= 0.3 is 6.36 Å². The average molecular weight is 282 g/mol. The molecule has 1 aromatic rings. The highest BCUT2D eigenvalue weighted by molar-refractivity contribution is 9.10. The minimum absolute atomic E-state index is 0.229. The highest BCUT2D eigenvalue weighted by Crippen LogP contribution is 2.32. The van der Waals surface area contributed by atoms with Crippen molar-refractivity contribution < 1.29 is 17.9 Å². The lowest BCUT2D eigenvalue weighted by atomic mass is 10.0. The van der Waals surface area contributed by atoms with E-state index in [1.165, 1.54) is 6.07 Å². The molecule has 0 bridgehead atoms. The van der Waals surface area contributed by atoms with Gasteiger partial charge in [0, 0.05) is 0 Å². The average Bonchev–Trinajstić information content (AvgIpc) is 2.05. The van der Waals surface area contributed by atoms with Gasteiger partial charge in [0.2, 0.25) is 0 Å². The summed E-state index contributed by atoms with van der Waals surface area (Å²) in [5, 5.41) is 0. The third kappa shape index (κ3) is 3.74. The third-order valence-electron chi connectivity index (χ3n) is 1.73.